The van der Waals surface area contributed by atoms with E-state index in [-0.39, 0.29) is 5.91 Å². The molecule has 0 aromatic heterocycles. The van der Waals surface area contributed by atoms with Crippen LogP contribution in [0.3, 0.4) is 0 Å². The number of amides is 1. The van der Waals surface area contributed by atoms with Crippen molar-refractivity contribution in [3.05, 3.63) is 86.3 Å². The highest BCUT2D eigenvalue weighted by Crippen LogP contribution is 2.37. The third-order valence-electron chi connectivity index (χ3n) is 4.21. The summed E-state index contributed by atoms with van der Waals surface area (Å²) in [6, 6.07) is 18.4. The first-order valence-corrected chi connectivity index (χ1v) is 11.1. The molecule has 3 N–H and O–H groups in total. The lowest BCUT2D eigenvalue weighted by Gasteiger charge is -2.14. The number of hydrogen-bond donors (Lipinski definition) is 2. The standard InChI is InChI=1S/C23H21Br2N3O3/c1-2-30-21-12-16(13-27-28-23(29)18-5-3-4-6-20(18)26)11-19(25)22(21)31-14-15-7-9-17(24)10-8-15/h3-13H,2,14,26H2,1H3,(H,28,29). The van der Waals surface area contributed by atoms with E-state index >= 15 is 0 Å². The number of nitrogens with two attached hydrogens (primary N) is 1. The highest BCUT2D eigenvalue weighted by atomic mass is 79.9. The number of nitrogen functional groups attached to an aromatic ring is 1. The number of ether oxygens (including phenoxy) is 2. The van der Waals surface area contributed by atoms with Crippen molar-refractivity contribution in [1.82, 2.24) is 5.43 Å². The zero-order valence-electron chi connectivity index (χ0n) is 16.8. The molecule has 6 nitrogen and oxygen atoms in total. The Morgan fingerprint density at radius 3 is 2.55 bits per heavy atom. The molecule has 0 radical (unpaired) electrons. The van der Waals surface area contributed by atoms with Crippen LogP contribution in [0.2, 0.25) is 0 Å². The lowest BCUT2D eigenvalue weighted by Crippen LogP contribution is -2.19. The molecular weight excluding hydrogens is 526 g/mol. The van der Waals surface area contributed by atoms with Crippen molar-refractivity contribution in [2.75, 3.05) is 12.3 Å². The molecule has 3 rings (SSSR count). The fourth-order valence-corrected chi connectivity index (χ4v) is 3.57. The van der Waals surface area contributed by atoms with E-state index in [1.54, 1.807) is 30.3 Å². The van der Waals surface area contributed by atoms with Crippen molar-refractivity contribution in [2.24, 2.45) is 5.10 Å². The second-order valence-electron chi connectivity index (χ2n) is 6.46. The monoisotopic (exact) mass is 545 g/mol. The quantitative estimate of drug-likeness (QED) is 0.221. The van der Waals surface area contributed by atoms with Crippen LogP contribution in [-0.4, -0.2) is 18.7 Å². The van der Waals surface area contributed by atoms with Gasteiger partial charge in [-0.15, -0.1) is 0 Å². The molecule has 0 saturated heterocycles. The molecule has 0 aliphatic carbocycles. The minimum absolute atomic E-state index is 0.368. The number of para-hydroxylation sites is 1. The Morgan fingerprint density at radius 2 is 1.84 bits per heavy atom. The summed E-state index contributed by atoms with van der Waals surface area (Å²) < 4.78 is 13.5. The molecule has 0 atom stereocenters. The van der Waals surface area contributed by atoms with Gasteiger partial charge in [-0.05, 0) is 70.4 Å². The Labute approximate surface area is 197 Å². The fraction of sp³-hybridized carbons (Fsp3) is 0.130. The molecule has 0 bridgehead atoms. The SMILES string of the molecule is CCOc1cc(C=NNC(=O)c2ccccc2N)cc(Br)c1OCc1ccc(Br)cc1. The van der Waals surface area contributed by atoms with Gasteiger partial charge in [0.25, 0.3) is 5.91 Å². The van der Waals surface area contributed by atoms with Crippen LogP contribution < -0.4 is 20.6 Å². The van der Waals surface area contributed by atoms with Crippen LogP contribution in [0, 0.1) is 0 Å². The van der Waals surface area contributed by atoms with E-state index in [4.69, 9.17) is 15.2 Å². The van der Waals surface area contributed by atoms with Gasteiger partial charge in [0.05, 0.1) is 22.9 Å². The molecule has 3 aromatic carbocycles. The van der Waals surface area contributed by atoms with E-state index in [0.29, 0.717) is 36.0 Å². The first-order chi connectivity index (χ1) is 15.0. The van der Waals surface area contributed by atoms with Gasteiger partial charge in [-0.3, -0.25) is 4.79 Å². The lowest BCUT2D eigenvalue weighted by atomic mass is 10.2. The third-order valence-corrected chi connectivity index (χ3v) is 5.33. The Bertz CT molecular complexity index is 1090. The number of halogens is 2. The molecule has 8 heteroatoms. The second kappa shape index (κ2) is 11.0. The van der Waals surface area contributed by atoms with E-state index in [2.05, 4.69) is 42.4 Å². The number of nitrogens with zero attached hydrogens (tertiary/aromatic N) is 1. The van der Waals surface area contributed by atoms with Crippen molar-refractivity contribution >= 4 is 49.7 Å². The fourth-order valence-electron chi connectivity index (χ4n) is 2.73. The van der Waals surface area contributed by atoms with Crippen LogP contribution >= 0.6 is 31.9 Å². The first-order valence-electron chi connectivity index (χ1n) is 9.49. The van der Waals surface area contributed by atoms with Crippen LogP contribution in [0.1, 0.15) is 28.4 Å². The minimum atomic E-state index is -0.382. The molecule has 1 amide bonds. The normalized spacial score (nSPS) is 10.8. The van der Waals surface area contributed by atoms with E-state index in [0.717, 1.165) is 20.1 Å². The van der Waals surface area contributed by atoms with Gasteiger partial charge in [-0.2, -0.15) is 5.10 Å². The van der Waals surface area contributed by atoms with E-state index in [1.807, 2.05) is 37.3 Å². The minimum Gasteiger partial charge on any atom is -0.490 e. The smallest absolute Gasteiger partial charge is 0.273 e. The van der Waals surface area contributed by atoms with Crippen LogP contribution in [0.15, 0.2) is 74.7 Å². The van der Waals surface area contributed by atoms with Gasteiger partial charge in [0.2, 0.25) is 0 Å². The lowest BCUT2D eigenvalue weighted by molar-refractivity contribution is 0.0956. The van der Waals surface area contributed by atoms with Gasteiger partial charge in [0, 0.05) is 10.2 Å². The van der Waals surface area contributed by atoms with Crippen LogP contribution in [-0.2, 0) is 6.61 Å². The van der Waals surface area contributed by atoms with Crippen molar-refractivity contribution in [3.8, 4) is 11.5 Å². The molecule has 0 unspecified atom stereocenters. The van der Waals surface area contributed by atoms with Gasteiger partial charge in [-0.25, -0.2) is 5.43 Å². The average Bonchev–Trinajstić information content (AvgIpc) is 2.75. The number of hydrogen-bond acceptors (Lipinski definition) is 5. The average molecular weight is 547 g/mol. The van der Waals surface area contributed by atoms with Crippen LogP contribution in [0.4, 0.5) is 5.69 Å². The van der Waals surface area contributed by atoms with Gasteiger partial charge in [-0.1, -0.05) is 40.2 Å². The highest BCUT2D eigenvalue weighted by Gasteiger charge is 2.13. The number of nitrogens with one attached hydrogen (secondary N) is 1. The van der Waals surface area contributed by atoms with Gasteiger partial charge in [0.15, 0.2) is 11.5 Å². The zero-order valence-corrected chi connectivity index (χ0v) is 19.9. The Morgan fingerprint density at radius 1 is 1.10 bits per heavy atom. The van der Waals surface area contributed by atoms with E-state index < -0.39 is 0 Å². The molecule has 0 saturated carbocycles. The summed E-state index contributed by atoms with van der Waals surface area (Å²) in [7, 11) is 0. The molecule has 0 spiro atoms. The number of anilines is 1. The number of carbonyl (C=O) groups excluding carboxylic acids is 1. The van der Waals surface area contributed by atoms with Crippen LogP contribution in [0.5, 0.6) is 11.5 Å². The number of carbonyl (C=O) groups is 1. The number of hydrazone groups is 1. The summed E-state index contributed by atoms with van der Waals surface area (Å²) in [5.74, 6) is 0.796. The number of benzene rings is 3. The van der Waals surface area contributed by atoms with Gasteiger partial charge >= 0.3 is 0 Å². The van der Waals surface area contributed by atoms with Gasteiger partial charge in [0.1, 0.15) is 6.61 Å². The van der Waals surface area contributed by atoms with E-state index in [9.17, 15) is 4.79 Å². The predicted octanol–water partition coefficient (Wildman–Crippen LogP) is 5.54. The Hall–Kier alpha value is -2.84. The van der Waals surface area contributed by atoms with Gasteiger partial charge < -0.3 is 15.2 Å². The molecule has 0 fully saturated rings. The van der Waals surface area contributed by atoms with Crippen molar-refractivity contribution < 1.29 is 14.3 Å². The number of rotatable bonds is 8. The second-order valence-corrected chi connectivity index (χ2v) is 8.23. The summed E-state index contributed by atoms with van der Waals surface area (Å²) in [5.41, 5.74) is 10.8. The zero-order chi connectivity index (χ0) is 22.2. The Kier molecular flexibility index (Phi) is 8.08. The van der Waals surface area contributed by atoms with Crippen LogP contribution in [0.25, 0.3) is 0 Å². The summed E-state index contributed by atoms with van der Waals surface area (Å²) >= 11 is 6.97. The third kappa shape index (κ3) is 6.32. The molecular formula is C23H21Br2N3O3. The highest BCUT2D eigenvalue weighted by molar-refractivity contribution is 9.10. The molecule has 31 heavy (non-hydrogen) atoms. The molecule has 0 aliphatic heterocycles. The maximum atomic E-state index is 12.2. The molecule has 3 aromatic rings. The molecule has 0 aliphatic rings. The molecule has 0 heterocycles. The van der Waals surface area contributed by atoms with E-state index in [1.165, 1.54) is 6.21 Å². The maximum absolute atomic E-state index is 12.2. The molecule has 160 valence electrons. The summed E-state index contributed by atoms with van der Waals surface area (Å²) in [4.78, 5) is 12.2. The van der Waals surface area contributed by atoms with Crippen molar-refractivity contribution in [3.63, 3.8) is 0 Å². The van der Waals surface area contributed by atoms with Crippen molar-refractivity contribution in [2.45, 2.75) is 13.5 Å². The Balaban J connectivity index is 1.73. The topological polar surface area (TPSA) is 85.9 Å². The summed E-state index contributed by atoms with van der Waals surface area (Å²) in [6.45, 7) is 2.78. The largest absolute Gasteiger partial charge is 0.490 e. The van der Waals surface area contributed by atoms with Crippen molar-refractivity contribution in [1.29, 1.82) is 0 Å². The summed E-state index contributed by atoms with van der Waals surface area (Å²) in [5, 5.41) is 4.03. The maximum Gasteiger partial charge on any atom is 0.273 e. The summed E-state index contributed by atoms with van der Waals surface area (Å²) in [6.07, 6.45) is 1.53. The first kappa shape index (κ1) is 22.8. The predicted molar refractivity (Wildman–Crippen MR) is 130 cm³/mol.